The molecule has 1 aromatic carbocycles. The molecule has 1 atom stereocenters. The molecule has 0 fully saturated rings. The first kappa shape index (κ1) is 12.3. The number of fused-ring (bicyclic) bond motifs is 1. The van der Waals surface area contributed by atoms with Crippen LogP contribution in [0.3, 0.4) is 0 Å². The van der Waals surface area contributed by atoms with E-state index in [4.69, 9.17) is 5.53 Å². The first-order chi connectivity index (χ1) is 8.41. The molecular formula is C11H10F2N4O. The molecule has 1 aromatic rings. The Morgan fingerprint density at radius 1 is 1.50 bits per heavy atom. The van der Waals surface area contributed by atoms with Crippen LogP contribution in [0.5, 0.6) is 0 Å². The highest BCUT2D eigenvalue weighted by Crippen LogP contribution is 2.43. The second-order valence-corrected chi connectivity index (χ2v) is 4.37. The predicted molar refractivity (Wildman–Crippen MR) is 61.1 cm³/mol. The van der Waals surface area contributed by atoms with Gasteiger partial charge in [-0.05, 0) is 18.5 Å². The van der Waals surface area contributed by atoms with Crippen LogP contribution < -0.4 is 4.90 Å². The number of hydrogen-bond donors (Lipinski definition) is 0. The van der Waals surface area contributed by atoms with E-state index in [-0.39, 0.29) is 17.8 Å². The van der Waals surface area contributed by atoms with Crippen LogP contribution in [0.1, 0.15) is 12.5 Å². The van der Waals surface area contributed by atoms with E-state index in [1.165, 1.54) is 18.9 Å². The number of nitrogens with zero attached hydrogens (tertiary/aromatic N) is 4. The van der Waals surface area contributed by atoms with Crippen LogP contribution in [0.15, 0.2) is 17.2 Å². The van der Waals surface area contributed by atoms with Crippen molar-refractivity contribution in [3.05, 3.63) is 39.8 Å². The predicted octanol–water partition coefficient (Wildman–Crippen LogP) is 2.51. The van der Waals surface area contributed by atoms with E-state index < -0.39 is 23.0 Å². The van der Waals surface area contributed by atoms with E-state index in [0.29, 0.717) is 0 Å². The van der Waals surface area contributed by atoms with Crippen molar-refractivity contribution in [3.8, 4) is 0 Å². The Hall–Kier alpha value is -2.14. The number of halogens is 2. The zero-order chi connectivity index (χ0) is 13.5. The maximum atomic E-state index is 13.9. The molecule has 2 rings (SSSR count). The summed E-state index contributed by atoms with van der Waals surface area (Å²) in [5.74, 6) is -1.98. The fourth-order valence-corrected chi connectivity index (χ4v) is 2.28. The molecule has 1 amide bonds. The zero-order valence-electron chi connectivity index (χ0n) is 9.81. The Bertz CT molecular complexity index is 583. The zero-order valence-corrected chi connectivity index (χ0v) is 9.81. The lowest BCUT2D eigenvalue weighted by molar-refractivity contribution is -0.122. The number of azide groups is 1. The highest BCUT2D eigenvalue weighted by molar-refractivity contribution is 6.07. The summed E-state index contributed by atoms with van der Waals surface area (Å²) in [6.07, 6.45) is 0. The minimum absolute atomic E-state index is 0.0730. The fourth-order valence-electron chi connectivity index (χ4n) is 2.28. The summed E-state index contributed by atoms with van der Waals surface area (Å²) in [6.45, 7) is 1.27. The summed E-state index contributed by atoms with van der Waals surface area (Å²) in [7, 11) is 1.43. The number of hydrogen-bond acceptors (Lipinski definition) is 2. The van der Waals surface area contributed by atoms with Crippen LogP contribution in [0.25, 0.3) is 10.4 Å². The lowest BCUT2D eigenvalue weighted by atomic mass is 9.83. The van der Waals surface area contributed by atoms with E-state index in [2.05, 4.69) is 10.0 Å². The second kappa shape index (κ2) is 3.96. The molecule has 7 heteroatoms. The van der Waals surface area contributed by atoms with Gasteiger partial charge >= 0.3 is 0 Å². The van der Waals surface area contributed by atoms with Crippen molar-refractivity contribution in [1.29, 1.82) is 0 Å². The summed E-state index contributed by atoms with van der Waals surface area (Å²) in [5.41, 5.74) is 7.30. The monoisotopic (exact) mass is 252 g/mol. The Morgan fingerprint density at radius 2 is 2.17 bits per heavy atom. The van der Waals surface area contributed by atoms with Crippen LogP contribution >= 0.6 is 0 Å². The van der Waals surface area contributed by atoms with Gasteiger partial charge in [0.05, 0.1) is 11.1 Å². The number of likely N-dealkylation sites (N-methyl/N-ethyl adjacent to an activating group) is 1. The van der Waals surface area contributed by atoms with Gasteiger partial charge < -0.3 is 4.90 Å². The second-order valence-electron chi connectivity index (χ2n) is 4.37. The number of carbonyl (C=O) groups is 1. The lowest BCUT2D eigenvalue weighted by Gasteiger charge is -2.20. The molecule has 0 spiro atoms. The van der Waals surface area contributed by atoms with Gasteiger partial charge in [0.1, 0.15) is 11.6 Å². The van der Waals surface area contributed by atoms with E-state index in [9.17, 15) is 13.6 Å². The van der Waals surface area contributed by atoms with Gasteiger partial charge in [-0.2, -0.15) is 0 Å². The highest BCUT2D eigenvalue weighted by atomic mass is 19.1. The maximum Gasteiger partial charge on any atom is 0.237 e. The van der Waals surface area contributed by atoms with Gasteiger partial charge in [-0.3, -0.25) is 4.79 Å². The summed E-state index contributed by atoms with van der Waals surface area (Å²) in [4.78, 5) is 15.9. The van der Waals surface area contributed by atoms with E-state index in [1.54, 1.807) is 0 Å². The van der Waals surface area contributed by atoms with E-state index in [0.717, 1.165) is 12.1 Å². The molecule has 0 aliphatic carbocycles. The molecule has 0 saturated carbocycles. The smallest absolute Gasteiger partial charge is 0.237 e. The first-order valence-electron chi connectivity index (χ1n) is 5.20. The summed E-state index contributed by atoms with van der Waals surface area (Å²) >= 11 is 0. The Balaban J connectivity index is 2.68. The number of anilines is 1. The average Bonchev–Trinajstić information content (AvgIpc) is 2.50. The molecule has 1 heterocycles. The molecular weight excluding hydrogens is 242 g/mol. The Morgan fingerprint density at radius 3 is 2.78 bits per heavy atom. The largest absolute Gasteiger partial charge is 0.314 e. The molecule has 18 heavy (non-hydrogen) atoms. The van der Waals surface area contributed by atoms with Crippen molar-refractivity contribution >= 4 is 11.6 Å². The van der Waals surface area contributed by atoms with Crippen molar-refractivity contribution in [2.75, 3.05) is 18.5 Å². The topological polar surface area (TPSA) is 69.1 Å². The third kappa shape index (κ3) is 1.52. The average molecular weight is 252 g/mol. The minimum Gasteiger partial charge on any atom is -0.314 e. The molecule has 0 bridgehead atoms. The first-order valence-corrected chi connectivity index (χ1v) is 5.20. The molecule has 0 aromatic heterocycles. The van der Waals surface area contributed by atoms with Crippen LogP contribution in [0.4, 0.5) is 14.5 Å². The molecule has 94 valence electrons. The van der Waals surface area contributed by atoms with Crippen LogP contribution in [-0.2, 0) is 10.2 Å². The molecule has 1 unspecified atom stereocenters. The van der Waals surface area contributed by atoms with Gasteiger partial charge in [0.15, 0.2) is 0 Å². The maximum absolute atomic E-state index is 13.9. The normalized spacial score (nSPS) is 21.8. The molecule has 1 aliphatic heterocycles. The highest BCUT2D eigenvalue weighted by Gasteiger charge is 2.47. The molecule has 1 aliphatic rings. The SMILES string of the molecule is CN1C(=O)C(C)(CN=[N+]=[N-])c2c(F)cc(F)cc21. The van der Waals surface area contributed by atoms with Gasteiger partial charge in [0.25, 0.3) is 0 Å². The number of rotatable bonds is 2. The molecule has 0 N–H and O–H groups in total. The van der Waals surface area contributed by atoms with Gasteiger partial charge in [-0.15, -0.1) is 0 Å². The Kier molecular flexibility index (Phi) is 2.71. The van der Waals surface area contributed by atoms with Gasteiger partial charge in [0.2, 0.25) is 5.91 Å². The van der Waals surface area contributed by atoms with Crippen molar-refractivity contribution in [2.45, 2.75) is 12.3 Å². The van der Waals surface area contributed by atoms with E-state index >= 15 is 0 Å². The fraction of sp³-hybridized carbons (Fsp3) is 0.364. The quantitative estimate of drug-likeness (QED) is 0.453. The van der Waals surface area contributed by atoms with Gasteiger partial charge in [-0.25, -0.2) is 8.78 Å². The lowest BCUT2D eigenvalue weighted by Crippen LogP contribution is -2.38. The van der Waals surface area contributed by atoms with Gasteiger partial charge in [-0.1, -0.05) is 5.11 Å². The summed E-state index contributed by atoms with van der Waals surface area (Å²) in [6, 6.07) is 1.82. The van der Waals surface area contributed by atoms with Crippen molar-refractivity contribution in [3.63, 3.8) is 0 Å². The van der Waals surface area contributed by atoms with Crippen molar-refractivity contribution < 1.29 is 13.6 Å². The third-order valence-corrected chi connectivity index (χ3v) is 3.17. The minimum atomic E-state index is -1.28. The number of carbonyl (C=O) groups excluding carboxylic acids is 1. The summed E-state index contributed by atoms with van der Waals surface area (Å²) < 4.78 is 27.0. The number of benzene rings is 1. The van der Waals surface area contributed by atoms with Crippen molar-refractivity contribution in [1.82, 2.24) is 0 Å². The third-order valence-electron chi connectivity index (χ3n) is 3.17. The molecule has 0 saturated heterocycles. The van der Waals surface area contributed by atoms with Crippen molar-refractivity contribution in [2.24, 2.45) is 5.11 Å². The summed E-state index contributed by atoms with van der Waals surface area (Å²) in [5, 5.41) is 3.35. The molecule has 5 nitrogen and oxygen atoms in total. The van der Waals surface area contributed by atoms with Crippen LogP contribution in [0, 0.1) is 11.6 Å². The molecule has 0 radical (unpaired) electrons. The van der Waals surface area contributed by atoms with Crippen LogP contribution in [-0.4, -0.2) is 19.5 Å². The number of amides is 1. The van der Waals surface area contributed by atoms with Gasteiger partial charge in [0, 0.05) is 30.1 Å². The Labute approximate surface area is 102 Å². The van der Waals surface area contributed by atoms with E-state index in [1.807, 2.05) is 0 Å². The van der Waals surface area contributed by atoms with Crippen LogP contribution in [0.2, 0.25) is 0 Å². The standard InChI is InChI=1S/C11H10F2N4O/c1-11(5-15-16-14)9-7(13)3-6(12)4-8(9)17(2)10(11)18/h3-4H,5H2,1-2H3.